The minimum absolute atomic E-state index is 0.00319. The zero-order valence-electron chi connectivity index (χ0n) is 9.41. The third-order valence-corrected chi connectivity index (χ3v) is 4.49. The quantitative estimate of drug-likeness (QED) is 0.878. The van der Waals surface area contributed by atoms with Crippen molar-refractivity contribution in [1.82, 2.24) is 24.7 Å². The number of hydrogen-bond acceptors (Lipinski definition) is 5. The van der Waals surface area contributed by atoms with Crippen LogP contribution in [0.5, 0.6) is 0 Å². The Morgan fingerprint density at radius 2 is 2.06 bits per heavy atom. The normalized spacial score (nSPS) is 11.7. The lowest BCUT2D eigenvalue weighted by atomic mass is 10.3. The van der Waals surface area contributed by atoms with Crippen molar-refractivity contribution in [3.8, 4) is 0 Å². The Bertz CT molecular complexity index is 621. The highest BCUT2D eigenvalue weighted by Gasteiger charge is 2.23. The highest BCUT2D eigenvalue weighted by atomic mass is 79.9. The summed E-state index contributed by atoms with van der Waals surface area (Å²) in [7, 11) is -2.14. The van der Waals surface area contributed by atoms with E-state index in [-0.39, 0.29) is 16.2 Å². The second-order valence-electron chi connectivity index (χ2n) is 3.49. The average Bonchev–Trinajstić information content (AvgIpc) is 2.69. The maximum Gasteiger partial charge on any atom is 0.260 e. The number of sulfonamides is 1. The van der Waals surface area contributed by atoms with Crippen molar-refractivity contribution >= 4 is 26.0 Å². The molecule has 0 bridgehead atoms. The fourth-order valence-electron chi connectivity index (χ4n) is 1.36. The van der Waals surface area contributed by atoms with Crippen LogP contribution < -0.4 is 4.72 Å². The monoisotopic (exact) mass is 331 g/mol. The molecule has 0 atom stereocenters. The molecule has 96 valence electrons. The van der Waals surface area contributed by atoms with Gasteiger partial charge in [-0.15, -0.1) is 5.10 Å². The zero-order valence-corrected chi connectivity index (χ0v) is 11.8. The first-order chi connectivity index (χ1) is 8.50. The van der Waals surface area contributed by atoms with Crippen molar-refractivity contribution in [2.45, 2.75) is 11.6 Å². The van der Waals surface area contributed by atoms with Crippen molar-refractivity contribution in [2.75, 3.05) is 0 Å². The van der Waals surface area contributed by atoms with Crippen LogP contribution in [0, 0.1) is 0 Å². The van der Waals surface area contributed by atoms with E-state index in [9.17, 15) is 8.42 Å². The van der Waals surface area contributed by atoms with Gasteiger partial charge in [0.15, 0.2) is 4.60 Å². The summed E-state index contributed by atoms with van der Waals surface area (Å²) in [4.78, 5) is 3.86. The van der Waals surface area contributed by atoms with Crippen molar-refractivity contribution in [3.63, 3.8) is 0 Å². The molecule has 0 spiro atoms. The van der Waals surface area contributed by atoms with Crippen molar-refractivity contribution in [3.05, 3.63) is 34.7 Å². The molecule has 2 aromatic heterocycles. The molecule has 0 radical (unpaired) electrons. The molecule has 7 nitrogen and oxygen atoms in total. The highest BCUT2D eigenvalue weighted by molar-refractivity contribution is 9.10. The molecule has 0 saturated carbocycles. The molecule has 0 fully saturated rings. The van der Waals surface area contributed by atoms with E-state index in [2.05, 4.69) is 35.9 Å². The van der Waals surface area contributed by atoms with E-state index in [4.69, 9.17) is 0 Å². The van der Waals surface area contributed by atoms with E-state index < -0.39 is 10.0 Å². The minimum atomic E-state index is -3.66. The maximum atomic E-state index is 12.1. The van der Waals surface area contributed by atoms with Gasteiger partial charge in [-0.25, -0.2) is 17.8 Å². The van der Waals surface area contributed by atoms with Crippen LogP contribution in [0.3, 0.4) is 0 Å². The van der Waals surface area contributed by atoms with Crippen LogP contribution in [0.1, 0.15) is 5.56 Å². The Kier molecular flexibility index (Phi) is 3.73. The van der Waals surface area contributed by atoms with Crippen molar-refractivity contribution in [1.29, 1.82) is 0 Å². The molecule has 1 N–H and O–H groups in total. The molecule has 0 aromatic carbocycles. The molecular formula is C9H10BrN5O2S. The molecule has 0 amide bonds. The van der Waals surface area contributed by atoms with E-state index in [0.717, 1.165) is 5.56 Å². The summed E-state index contributed by atoms with van der Waals surface area (Å²) in [5, 5.41) is 7.26. The molecule has 2 aromatic rings. The summed E-state index contributed by atoms with van der Waals surface area (Å²) in [5.41, 5.74) is 0.819. The predicted octanol–water partition coefficient (Wildman–Crippen LogP) is 0.451. The maximum absolute atomic E-state index is 12.1. The third kappa shape index (κ3) is 2.74. The smallest absolute Gasteiger partial charge is 0.260 e. The standard InChI is InChI=1S/C9H10BrN5O2S/c1-15-9(8(10)13-14-15)18(16,17)12-6-7-2-4-11-5-3-7/h2-5,12H,6H2,1H3. The summed E-state index contributed by atoms with van der Waals surface area (Å²) in [5.74, 6) is 0. The Balaban J connectivity index is 2.19. The summed E-state index contributed by atoms with van der Waals surface area (Å²) < 4.78 is 28.0. The van der Waals surface area contributed by atoms with Gasteiger partial charge in [-0.2, -0.15) is 0 Å². The molecule has 0 saturated heterocycles. The zero-order chi connectivity index (χ0) is 13.2. The van der Waals surface area contributed by atoms with Gasteiger partial charge in [0.1, 0.15) is 0 Å². The Hall–Kier alpha value is -1.32. The van der Waals surface area contributed by atoms with Gasteiger partial charge in [-0.3, -0.25) is 4.98 Å². The van der Waals surface area contributed by atoms with Crippen LogP contribution in [0.2, 0.25) is 0 Å². The number of nitrogens with one attached hydrogen (secondary N) is 1. The van der Waals surface area contributed by atoms with E-state index in [1.165, 1.54) is 11.7 Å². The molecule has 0 aliphatic heterocycles. The highest BCUT2D eigenvalue weighted by Crippen LogP contribution is 2.17. The third-order valence-electron chi connectivity index (χ3n) is 2.21. The van der Waals surface area contributed by atoms with Gasteiger partial charge in [0.25, 0.3) is 10.0 Å². The topological polar surface area (TPSA) is 89.8 Å². The van der Waals surface area contributed by atoms with Crippen LogP contribution in [-0.4, -0.2) is 28.4 Å². The lowest BCUT2D eigenvalue weighted by Gasteiger charge is -2.06. The number of rotatable bonds is 4. The summed E-state index contributed by atoms with van der Waals surface area (Å²) in [6, 6.07) is 3.47. The lowest BCUT2D eigenvalue weighted by molar-refractivity contribution is 0.560. The van der Waals surface area contributed by atoms with Gasteiger partial charge in [-0.05, 0) is 33.6 Å². The molecule has 0 aliphatic carbocycles. The Labute approximate surface area is 112 Å². The van der Waals surface area contributed by atoms with Gasteiger partial charge < -0.3 is 0 Å². The minimum Gasteiger partial charge on any atom is -0.265 e. The van der Waals surface area contributed by atoms with Crippen molar-refractivity contribution in [2.24, 2.45) is 7.05 Å². The second kappa shape index (κ2) is 5.12. The van der Waals surface area contributed by atoms with E-state index in [0.29, 0.717) is 0 Å². The fourth-order valence-corrected chi connectivity index (χ4v) is 3.46. The summed E-state index contributed by atoms with van der Waals surface area (Å²) >= 11 is 3.06. The van der Waals surface area contributed by atoms with Gasteiger partial charge in [0, 0.05) is 26.0 Å². The van der Waals surface area contributed by atoms with Crippen LogP contribution in [-0.2, 0) is 23.6 Å². The molecule has 9 heteroatoms. The fraction of sp³-hybridized carbons (Fsp3) is 0.222. The Morgan fingerprint density at radius 3 is 2.61 bits per heavy atom. The number of halogens is 1. The van der Waals surface area contributed by atoms with Crippen LogP contribution >= 0.6 is 15.9 Å². The Morgan fingerprint density at radius 1 is 1.39 bits per heavy atom. The van der Waals surface area contributed by atoms with Gasteiger partial charge in [0.05, 0.1) is 0 Å². The SMILES string of the molecule is Cn1nnc(Br)c1S(=O)(=O)NCc1ccncc1. The lowest BCUT2D eigenvalue weighted by Crippen LogP contribution is -2.25. The van der Waals surface area contributed by atoms with Crippen LogP contribution in [0.25, 0.3) is 0 Å². The number of hydrogen-bond donors (Lipinski definition) is 1. The molecule has 2 rings (SSSR count). The number of aryl methyl sites for hydroxylation is 1. The summed E-state index contributed by atoms with van der Waals surface area (Å²) in [6.45, 7) is 0.183. The first kappa shape index (κ1) is 13.1. The first-order valence-corrected chi connectivity index (χ1v) is 7.22. The molecule has 2 heterocycles. The number of aromatic nitrogens is 4. The first-order valence-electron chi connectivity index (χ1n) is 4.94. The summed E-state index contributed by atoms with van der Waals surface area (Å²) in [6.07, 6.45) is 3.20. The van der Waals surface area contributed by atoms with E-state index >= 15 is 0 Å². The second-order valence-corrected chi connectivity index (χ2v) is 5.92. The number of nitrogens with zero attached hydrogens (tertiary/aromatic N) is 4. The van der Waals surface area contributed by atoms with Gasteiger partial charge in [-0.1, -0.05) is 5.21 Å². The largest absolute Gasteiger partial charge is 0.265 e. The molecule has 0 unspecified atom stereocenters. The van der Waals surface area contributed by atoms with Crippen LogP contribution in [0.4, 0.5) is 0 Å². The van der Waals surface area contributed by atoms with Crippen LogP contribution in [0.15, 0.2) is 34.2 Å². The molecule has 0 aliphatic rings. The van der Waals surface area contributed by atoms with Gasteiger partial charge in [0.2, 0.25) is 5.03 Å². The van der Waals surface area contributed by atoms with E-state index in [1.807, 2.05) is 0 Å². The number of pyridine rings is 1. The predicted molar refractivity (Wildman–Crippen MR) is 67.0 cm³/mol. The average molecular weight is 332 g/mol. The molecular weight excluding hydrogens is 322 g/mol. The van der Waals surface area contributed by atoms with Gasteiger partial charge >= 0.3 is 0 Å². The van der Waals surface area contributed by atoms with Crippen molar-refractivity contribution < 1.29 is 8.42 Å². The van der Waals surface area contributed by atoms with E-state index in [1.54, 1.807) is 24.5 Å². The molecule has 18 heavy (non-hydrogen) atoms.